The molecule has 1 rings (SSSR count). The van der Waals surface area contributed by atoms with Gasteiger partial charge in [-0.15, -0.1) is 0 Å². The number of unbranched alkanes of at least 4 members (excludes halogenated alkanes) is 6. The number of ether oxygens (including phenoxy) is 2. The lowest BCUT2D eigenvalue weighted by atomic mass is 9.99. The van der Waals surface area contributed by atoms with Crippen LogP contribution in [0.1, 0.15) is 93.9 Å². The molecule has 0 aliphatic carbocycles. The molecule has 0 heterocycles. The zero-order valence-electron chi connectivity index (χ0n) is 20.1. The number of aliphatic hydroxyl groups is 1. The van der Waals surface area contributed by atoms with Crippen LogP contribution in [0.15, 0.2) is 24.3 Å². The van der Waals surface area contributed by atoms with Crippen molar-refractivity contribution in [1.82, 2.24) is 0 Å². The lowest BCUT2D eigenvalue weighted by Gasteiger charge is -2.23. The van der Waals surface area contributed by atoms with Crippen molar-refractivity contribution in [2.45, 2.75) is 95.3 Å². The lowest BCUT2D eigenvalue weighted by molar-refractivity contribution is -0.141. The van der Waals surface area contributed by atoms with Gasteiger partial charge in [0.1, 0.15) is 0 Å². The fourth-order valence-electron chi connectivity index (χ4n) is 3.66. The van der Waals surface area contributed by atoms with Gasteiger partial charge in [0, 0.05) is 12.2 Å². The van der Waals surface area contributed by atoms with Crippen molar-refractivity contribution < 1.29 is 24.2 Å². The van der Waals surface area contributed by atoms with Crippen molar-refractivity contribution in [3.63, 3.8) is 0 Å². The van der Waals surface area contributed by atoms with Gasteiger partial charge in [0.05, 0.1) is 32.0 Å². The van der Waals surface area contributed by atoms with Gasteiger partial charge in [0.2, 0.25) is 0 Å². The first-order valence-corrected chi connectivity index (χ1v) is 13.1. The number of esters is 2. The van der Waals surface area contributed by atoms with Crippen molar-refractivity contribution in [2.24, 2.45) is 0 Å². The average Bonchev–Trinajstić information content (AvgIpc) is 2.81. The largest absolute Gasteiger partial charge is 0.469 e. The first-order valence-electron chi connectivity index (χ1n) is 12.0. The van der Waals surface area contributed by atoms with Gasteiger partial charge < -0.3 is 14.6 Å². The molecule has 0 spiro atoms. The van der Waals surface area contributed by atoms with Gasteiger partial charge in [-0.2, -0.15) is 11.8 Å². The number of aliphatic hydroxyl groups excluding tert-OH is 1. The number of methoxy groups -OCH3 is 2. The monoisotopic (exact) mass is 466 g/mol. The van der Waals surface area contributed by atoms with E-state index in [0.29, 0.717) is 31.4 Å². The summed E-state index contributed by atoms with van der Waals surface area (Å²) in [5, 5.41) is 10.8. The zero-order valence-corrected chi connectivity index (χ0v) is 21.0. The quantitative estimate of drug-likeness (QED) is 0.211. The van der Waals surface area contributed by atoms with Crippen LogP contribution in [-0.2, 0) is 25.5 Å². The van der Waals surface area contributed by atoms with Gasteiger partial charge in [0.25, 0.3) is 0 Å². The number of aryl methyl sites for hydroxylation is 1. The second kappa shape index (κ2) is 18.0. The third-order valence-corrected chi connectivity index (χ3v) is 7.05. The van der Waals surface area contributed by atoms with E-state index in [0.717, 1.165) is 18.4 Å². The number of hydrogen-bond donors (Lipinski definition) is 1. The molecule has 0 saturated heterocycles. The Bertz CT molecular complexity index is 632. The molecule has 0 amide bonds. The minimum Gasteiger partial charge on any atom is -0.469 e. The lowest BCUT2D eigenvalue weighted by Crippen LogP contribution is -2.17. The maximum Gasteiger partial charge on any atom is 0.306 e. The Morgan fingerprint density at radius 1 is 0.875 bits per heavy atom. The normalized spacial score (nSPS) is 12.9. The Morgan fingerprint density at radius 3 is 2.16 bits per heavy atom. The second-order valence-electron chi connectivity index (χ2n) is 8.27. The molecule has 1 aromatic carbocycles. The maximum absolute atomic E-state index is 11.5. The van der Waals surface area contributed by atoms with Gasteiger partial charge in [-0.1, -0.05) is 69.7 Å². The molecular weight excluding hydrogens is 424 g/mol. The van der Waals surface area contributed by atoms with Crippen molar-refractivity contribution >= 4 is 23.7 Å². The van der Waals surface area contributed by atoms with Gasteiger partial charge in [0.15, 0.2) is 0 Å². The van der Waals surface area contributed by atoms with Gasteiger partial charge in [-0.05, 0) is 36.8 Å². The van der Waals surface area contributed by atoms with E-state index in [-0.39, 0.29) is 17.2 Å². The first kappa shape index (κ1) is 28.5. The van der Waals surface area contributed by atoms with Crippen molar-refractivity contribution in [3.05, 3.63) is 35.4 Å². The summed E-state index contributed by atoms with van der Waals surface area (Å²) < 4.78 is 9.41. The van der Waals surface area contributed by atoms with Gasteiger partial charge >= 0.3 is 11.9 Å². The Kier molecular flexibility index (Phi) is 16.0. The van der Waals surface area contributed by atoms with E-state index in [1.807, 2.05) is 0 Å². The van der Waals surface area contributed by atoms with Crippen molar-refractivity contribution in [1.29, 1.82) is 0 Å². The number of benzene rings is 1. The van der Waals surface area contributed by atoms with E-state index < -0.39 is 6.10 Å². The molecule has 0 aromatic heterocycles. The molecule has 5 nitrogen and oxygen atoms in total. The summed E-state index contributed by atoms with van der Waals surface area (Å²) in [5.41, 5.74) is 2.40. The Balaban J connectivity index is 2.61. The highest BCUT2D eigenvalue weighted by Gasteiger charge is 2.22. The predicted molar refractivity (Wildman–Crippen MR) is 132 cm³/mol. The minimum atomic E-state index is -0.542. The average molecular weight is 467 g/mol. The Hall–Kier alpha value is -1.53. The van der Waals surface area contributed by atoms with Crippen LogP contribution >= 0.6 is 11.8 Å². The topological polar surface area (TPSA) is 72.8 Å². The highest BCUT2D eigenvalue weighted by Crippen LogP contribution is 2.35. The minimum absolute atomic E-state index is 0.110. The summed E-state index contributed by atoms with van der Waals surface area (Å²) in [6.45, 7) is 2.24. The molecular formula is C26H42O5S. The summed E-state index contributed by atoms with van der Waals surface area (Å²) in [5.74, 6) is 0.137. The maximum atomic E-state index is 11.5. The van der Waals surface area contributed by atoms with E-state index in [9.17, 15) is 14.7 Å². The molecule has 1 N–H and O–H groups in total. The van der Waals surface area contributed by atoms with E-state index in [1.165, 1.54) is 58.3 Å². The third-order valence-electron chi connectivity index (χ3n) is 5.67. The fourth-order valence-corrected chi connectivity index (χ4v) is 4.91. The van der Waals surface area contributed by atoms with E-state index in [4.69, 9.17) is 4.74 Å². The van der Waals surface area contributed by atoms with Crippen LogP contribution in [0.2, 0.25) is 0 Å². The molecule has 2 atom stereocenters. The predicted octanol–water partition coefficient (Wildman–Crippen LogP) is 6.02. The Labute approximate surface area is 198 Å². The van der Waals surface area contributed by atoms with Gasteiger partial charge in [-0.3, -0.25) is 9.59 Å². The smallest absolute Gasteiger partial charge is 0.306 e. The summed E-state index contributed by atoms with van der Waals surface area (Å²) in [7, 11) is 2.78. The zero-order chi connectivity index (χ0) is 23.6. The first-order chi connectivity index (χ1) is 15.5. The molecule has 0 radical (unpaired) electrons. The van der Waals surface area contributed by atoms with Crippen LogP contribution in [0, 0.1) is 0 Å². The molecule has 0 aliphatic rings. The number of carbonyl (C=O) groups excluding carboxylic acids is 2. The van der Waals surface area contributed by atoms with Crippen molar-refractivity contribution in [2.75, 3.05) is 20.0 Å². The second-order valence-corrected chi connectivity index (χ2v) is 9.52. The van der Waals surface area contributed by atoms with E-state index in [1.54, 1.807) is 11.8 Å². The molecule has 0 unspecified atom stereocenters. The van der Waals surface area contributed by atoms with E-state index in [2.05, 4.69) is 35.9 Å². The number of carbonyl (C=O) groups is 2. The molecule has 32 heavy (non-hydrogen) atoms. The van der Waals surface area contributed by atoms with Crippen LogP contribution in [0.4, 0.5) is 0 Å². The molecule has 182 valence electrons. The molecule has 6 heteroatoms. The summed E-state index contributed by atoms with van der Waals surface area (Å²) in [4.78, 5) is 22.8. The van der Waals surface area contributed by atoms with Crippen LogP contribution < -0.4 is 0 Å². The number of thioether (sulfide) groups is 1. The molecule has 0 fully saturated rings. The third kappa shape index (κ3) is 12.5. The van der Waals surface area contributed by atoms with Gasteiger partial charge in [-0.25, -0.2) is 0 Å². The molecule has 0 bridgehead atoms. The summed E-state index contributed by atoms with van der Waals surface area (Å²) in [6, 6.07) is 8.55. The SMILES string of the molecule is CCCCCCCCc1ccc([C@H](SCCC(=O)OC)[C@H](O)CCCCC(=O)OC)cc1. The number of rotatable bonds is 18. The highest BCUT2D eigenvalue weighted by molar-refractivity contribution is 7.99. The highest BCUT2D eigenvalue weighted by atomic mass is 32.2. The molecule has 0 aliphatic heterocycles. The summed E-state index contributed by atoms with van der Waals surface area (Å²) >= 11 is 1.59. The van der Waals surface area contributed by atoms with E-state index >= 15 is 0 Å². The van der Waals surface area contributed by atoms with Crippen LogP contribution in [0.3, 0.4) is 0 Å². The van der Waals surface area contributed by atoms with Crippen LogP contribution in [0.5, 0.6) is 0 Å². The standard InChI is InChI=1S/C26H42O5S/c1-4-5-6-7-8-9-12-21-15-17-22(18-16-21)26(32-20-19-25(29)31-3)23(27)13-10-11-14-24(28)30-2/h15-18,23,26-27H,4-14,19-20H2,1-3H3/t23-,26+/m1/s1. The fraction of sp³-hybridized carbons (Fsp3) is 0.692. The number of hydrogen-bond acceptors (Lipinski definition) is 6. The van der Waals surface area contributed by atoms with Crippen LogP contribution in [-0.4, -0.2) is 43.1 Å². The summed E-state index contributed by atoms with van der Waals surface area (Å²) in [6.07, 6.45) is 11.0. The van der Waals surface area contributed by atoms with Crippen LogP contribution in [0.25, 0.3) is 0 Å². The van der Waals surface area contributed by atoms with Crippen molar-refractivity contribution in [3.8, 4) is 0 Å². The molecule has 0 saturated carbocycles. The molecule has 1 aromatic rings. The Morgan fingerprint density at radius 2 is 1.50 bits per heavy atom.